The molecule has 0 aliphatic heterocycles. The molecule has 0 atom stereocenters. The Balaban J connectivity index is 0.000000365. The molecular weight excluding hydrogens is 571 g/mol. The maximum atomic E-state index is 4.96. The molecule has 0 radical (unpaired) electrons. The number of benzene rings is 4. The third kappa shape index (κ3) is 10.9. The van der Waals surface area contributed by atoms with E-state index in [1.165, 1.54) is 86.3 Å². The average Bonchev–Trinajstić information content (AvgIpc) is 3.57. The highest BCUT2D eigenvalue weighted by molar-refractivity contribution is 5.77. The molecule has 0 aliphatic rings. The second-order valence-electron chi connectivity index (χ2n) is 12.3. The fourth-order valence-corrected chi connectivity index (χ4v) is 5.87. The average molecular weight is 620 g/mol. The van der Waals surface area contributed by atoms with Gasteiger partial charge in [0.05, 0.1) is 22.6 Å². The van der Waals surface area contributed by atoms with Crippen molar-refractivity contribution in [2.24, 2.45) is 0 Å². The van der Waals surface area contributed by atoms with Crippen molar-refractivity contribution in [1.82, 2.24) is 14.8 Å². The molecule has 6 rings (SSSR count). The molecule has 0 bridgehead atoms. The molecule has 0 spiro atoms. The Kier molecular flexibility index (Phi) is 13.6. The van der Waals surface area contributed by atoms with E-state index in [9.17, 15) is 0 Å². The summed E-state index contributed by atoms with van der Waals surface area (Å²) in [7, 11) is 0. The number of hydrogen-bond acceptors (Lipinski definition) is 2. The van der Waals surface area contributed by atoms with E-state index in [0.29, 0.717) is 0 Å². The van der Waals surface area contributed by atoms with Gasteiger partial charge in [-0.05, 0) is 60.4 Å². The standard InChI is InChI=1S/C35H42N2.C9H7N/c1-2-3-4-5-6-7-8-9-10-13-20-31-24-27-34(28-25-31)37-35(32-21-16-12-17-22-32)29-33(36-37)26-23-30-18-14-11-15-19-30;1-2-6-9-8(4-1)5-3-7-10-9/h11-12,14-19,21-29H,2-10,13,20H2,1H3;1-7H. The maximum absolute atomic E-state index is 4.96. The lowest BCUT2D eigenvalue weighted by atomic mass is 10.0. The third-order valence-electron chi connectivity index (χ3n) is 8.56. The van der Waals surface area contributed by atoms with E-state index < -0.39 is 0 Å². The topological polar surface area (TPSA) is 30.7 Å². The molecule has 0 saturated carbocycles. The minimum Gasteiger partial charge on any atom is -0.256 e. The molecule has 6 aromatic rings. The van der Waals surface area contributed by atoms with Gasteiger partial charge in [-0.1, -0.05) is 168 Å². The Bertz CT molecular complexity index is 1690. The number of aryl methyl sites for hydroxylation is 1. The molecule has 3 nitrogen and oxygen atoms in total. The number of pyridine rings is 1. The van der Waals surface area contributed by atoms with Crippen molar-refractivity contribution in [3.05, 3.63) is 150 Å². The zero-order valence-electron chi connectivity index (χ0n) is 28.0. The Morgan fingerprint density at radius 3 is 1.89 bits per heavy atom. The molecule has 3 heteroatoms. The van der Waals surface area contributed by atoms with Crippen molar-refractivity contribution in [3.63, 3.8) is 0 Å². The first-order valence-electron chi connectivity index (χ1n) is 17.6. The molecule has 2 heterocycles. The van der Waals surface area contributed by atoms with Crippen LogP contribution in [0.25, 0.3) is 40.0 Å². The van der Waals surface area contributed by atoms with Crippen molar-refractivity contribution < 1.29 is 0 Å². The van der Waals surface area contributed by atoms with Crippen LogP contribution in [0.1, 0.15) is 88.0 Å². The molecule has 0 amide bonds. The van der Waals surface area contributed by atoms with Crippen molar-refractivity contribution in [1.29, 1.82) is 0 Å². The Labute approximate surface area is 282 Å². The molecule has 0 N–H and O–H groups in total. The highest BCUT2D eigenvalue weighted by Crippen LogP contribution is 2.25. The second-order valence-corrected chi connectivity index (χ2v) is 12.3. The normalized spacial score (nSPS) is 11.1. The van der Waals surface area contributed by atoms with Crippen LogP contribution in [0.5, 0.6) is 0 Å². The number of unbranched alkanes of at least 4 members (excludes halogenated alkanes) is 9. The van der Waals surface area contributed by atoms with Gasteiger partial charge < -0.3 is 0 Å². The fraction of sp³-hybridized carbons (Fsp3) is 0.273. The summed E-state index contributed by atoms with van der Waals surface area (Å²) in [6.07, 6.45) is 21.0. The van der Waals surface area contributed by atoms with Gasteiger partial charge in [-0.25, -0.2) is 4.68 Å². The highest BCUT2D eigenvalue weighted by Gasteiger charge is 2.11. The van der Waals surface area contributed by atoms with Gasteiger partial charge in [0, 0.05) is 17.1 Å². The summed E-state index contributed by atoms with van der Waals surface area (Å²) in [6, 6.07) is 44.2. The first kappa shape index (κ1) is 33.6. The van der Waals surface area contributed by atoms with E-state index in [1.54, 1.807) is 0 Å². The molecule has 0 saturated heterocycles. The molecule has 240 valence electrons. The van der Waals surface area contributed by atoms with Gasteiger partial charge in [0.1, 0.15) is 0 Å². The summed E-state index contributed by atoms with van der Waals surface area (Å²) < 4.78 is 2.07. The lowest BCUT2D eigenvalue weighted by Crippen LogP contribution is -1.99. The zero-order chi connectivity index (χ0) is 32.4. The third-order valence-corrected chi connectivity index (χ3v) is 8.56. The Hall–Kier alpha value is -4.76. The zero-order valence-corrected chi connectivity index (χ0v) is 28.0. The number of nitrogens with zero attached hydrogens (tertiary/aromatic N) is 3. The predicted molar refractivity (Wildman–Crippen MR) is 202 cm³/mol. The molecule has 2 aromatic heterocycles. The van der Waals surface area contributed by atoms with Crippen LogP contribution in [0, 0.1) is 0 Å². The fourth-order valence-electron chi connectivity index (χ4n) is 5.87. The largest absolute Gasteiger partial charge is 0.256 e. The van der Waals surface area contributed by atoms with E-state index >= 15 is 0 Å². The number of para-hydroxylation sites is 1. The van der Waals surface area contributed by atoms with E-state index in [0.717, 1.165) is 29.0 Å². The minimum absolute atomic E-state index is 0.956. The van der Waals surface area contributed by atoms with Crippen molar-refractivity contribution in [2.75, 3.05) is 0 Å². The van der Waals surface area contributed by atoms with Crippen molar-refractivity contribution in [3.8, 4) is 16.9 Å². The number of rotatable bonds is 15. The quantitative estimate of drug-likeness (QED) is 0.107. The van der Waals surface area contributed by atoms with Gasteiger partial charge >= 0.3 is 0 Å². The first-order valence-corrected chi connectivity index (χ1v) is 17.6. The van der Waals surface area contributed by atoms with Crippen LogP contribution in [-0.2, 0) is 6.42 Å². The summed E-state index contributed by atoms with van der Waals surface area (Å²) in [4.78, 5) is 4.18. The summed E-state index contributed by atoms with van der Waals surface area (Å²) in [5.41, 5.74) is 7.99. The van der Waals surface area contributed by atoms with Gasteiger partial charge in [-0.2, -0.15) is 5.10 Å². The minimum atomic E-state index is 0.956. The number of hydrogen-bond donors (Lipinski definition) is 0. The first-order chi connectivity index (χ1) is 23.3. The van der Waals surface area contributed by atoms with Crippen LogP contribution in [0.3, 0.4) is 0 Å². The molecule has 4 aromatic carbocycles. The van der Waals surface area contributed by atoms with E-state index in [-0.39, 0.29) is 0 Å². The highest BCUT2D eigenvalue weighted by atomic mass is 15.3. The summed E-state index contributed by atoms with van der Waals surface area (Å²) >= 11 is 0. The molecule has 0 fully saturated rings. The monoisotopic (exact) mass is 619 g/mol. The van der Waals surface area contributed by atoms with Crippen molar-refractivity contribution in [2.45, 2.75) is 77.6 Å². The molecular formula is C44H49N3. The van der Waals surface area contributed by atoms with Gasteiger partial charge in [0.25, 0.3) is 0 Å². The summed E-state index contributed by atoms with van der Waals surface area (Å²) in [5.74, 6) is 0. The van der Waals surface area contributed by atoms with Crippen LogP contribution >= 0.6 is 0 Å². The van der Waals surface area contributed by atoms with Crippen molar-refractivity contribution >= 4 is 23.1 Å². The SMILES string of the molecule is CCCCCCCCCCCCc1ccc(-n2nc(C=Cc3ccccc3)cc2-c2ccccc2)cc1.c1ccc2ncccc2c1. The lowest BCUT2D eigenvalue weighted by molar-refractivity contribution is 0.556. The summed E-state index contributed by atoms with van der Waals surface area (Å²) in [6.45, 7) is 2.29. The van der Waals surface area contributed by atoms with Crippen LogP contribution in [-0.4, -0.2) is 14.8 Å². The molecule has 0 unspecified atom stereocenters. The molecule has 47 heavy (non-hydrogen) atoms. The maximum Gasteiger partial charge on any atom is 0.0862 e. The van der Waals surface area contributed by atoms with Gasteiger partial charge in [0.2, 0.25) is 0 Å². The Morgan fingerprint density at radius 1 is 0.574 bits per heavy atom. The predicted octanol–water partition coefficient (Wildman–Crippen LogP) is 12.4. The molecule has 0 aliphatic carbocycles. The van der Waals surface area contributed by atoms with E-state index in [1.807, 2.05) is 36.5 Å². The Morgan fingerprint density at radius 2 is 1.19 bits per heavy atom. The number of fused-ring (bicyclic) bond motifs is 1. The second kappa shape index (κ2) is 19.0. The van der Waals surface area contributed by atoms with Gasteiger partial charge in [-0.3, -0.25) is 4.98 Å². The van der Waals surface area contributed by atoms with Crippen LogP contribution in [0.2, 0.25) is 0 Å². The van der Waals surface area contributed by atoms with E-state index in [4.69, 9.17) is 5.10 Å². The number of aromatic nitrogens is 3. The van der Waals surface area contributed by atoms with Gasteiger partial charge in [-0.15, -0.1) is 0 Å². The van der Waals surface area contributed by atoms with Crippen LogP contribution in [0.15, 0.2) is 134 Å². The van der Waals surface area contributed by atoms with E-state index in [2.05, 4.69) is 126 Å². The lowest BCUT2D eigenvalue weighted by Gasteiger charge is -2.09. The smallest absolute Gasteiger partial charge is 0.0862 e. The van der Waals surface area contributed by atoms with Gasteiger partial charge in [0.15, 0.2) is 0 Å². The summed E-state index contributed by atoms with van der Waals surface area (Å²) in [5, 5.41) is 6.16. The van der Waals surface area contributed by atoms with Crippen LogP contribution in [0.4, 0.5) is 0 Å². The van der Waals surface area contributed by atoms with Crippen LogP contribution < -0.4 is 0 Å².